The summed E-state index contributed by atoms with van der Waals surface area (Å²) in [6.45, 7) is 3.19. The Balaban J connectivity index is 1.32. The van der Waals surface area contributed by atoms with E-state index in [0.29, 0.717) is 0 Å². The Morgan fingerprint density at radius 3 is 2.27 bits per heavy atom. The first kappa shape index (κ1) is 19.1. The van der Waals surface area contributed by atoms with Gasteiger partial charge in [0.05, 0.1) is 18.0 Å². The Labute approximate surface area is 182 Å². The lowest BCUT2D eigenvalue weighted by atomic mass is 10.1. The highest BCUT2D eigenvalue weighted by Gasteiger charge is 2.16. The zero-order chi connectivity index (χ0) is 20.3. The van der Waals surface area contributed by atoms with Crippen molar-refractivity contribution in [3.8, 4) is 49.8 Å². The second-order valence-electron chi connectivity index (χ2n) is 6.87. The van der Waals surface area contributed by atoms with Crippen molar-refractivity contribution in [1.29, 1.82) is 0 Å². The monoisotopic (exact) mass is 436 g/mol. The molecule has 0 bridgehead atoms. The van der Waals surface area contributed by atoms with Crippen molar-refractivity contribution in [2.24, 2.45) is 0 Å². The molecule has 30 heavy (non-hydrogen) atoms. The largest absolute Gasteiger partial charge is 0.494 e. The topological polar surface area (TPSA) is 53.5 Å². The molecule has 0 N–H and O–H groups in total. The van der Waals surface area contributed by atoms with Crippen LogP contribution in [-0.4, -0.2) is 23.4 Å². The molecule has 2 aromatic carbocycles. The minimum Gasteiger partial charge on any atom is -0.494 e. The Bertz CT molecular complexity index is 1150. The maximum atomic E-state index is 5.74. The third-order valence-electron chi connectivity index (χ3n) is 4.78. The molecule has 3 heterocycles. The van der Waals surface area contributed by atoms with Gasteiger partial charge < -0.3 is 14.2 Å². The van der Waals surface area contributed by atoms with Crippen LogP contribution in [0.25, 0.3) is 32.5 Å². The molecule has 2 aromatic heterocycles. The summed E-state index contributed by atoms with van der Waals surface area (Å²) in [4.78, 5) is 9.59. The lowest BCUT2D eigenvalue weighted by molar-refractivity contribution is 0.174. The van der Waals surface area contributed by atoms with Crippen LogP contribution in [0.1, 0.15) is 19.8 Å². The van der Waals surface area contributed by atoms with Gasteiger partial charge in [0, 0.05) is 21.9 Å². The first-order chi connectivity index (χ1) is 14.8. The van der Waals surface area contributed by atoms with Crippen LogP contribution in [0.15, 0.2) is 53.2 Å². The van der Waals surface area contributed by atoms with Crippen LogP contribution in [0, 0.1) is 0 Å². The minimum atomic E-state index is 0.273. The number of fused-ring (bicyclic) bond motifs is 1. The maximum absolute atomic E-state index is 5.74. The van der Waals surface area contributed by atoms with Gasteiger partial charge in [0.15, 0.2) is 21.5 Å². The molecule has 0 saturated heterocycles. The molecular weight excluding hydrogens is 416 g/mol. The van der Waals surface area contributed by atoms with Crippen molar-refractivity contribution >= 4 is 22.7 Å². The van der Waals surface area contributed by atoms with Crippen LogP contribution in [-0.2, 0) is 0 Å². The fourth-order valence-corrected chi connectivity index (χ4v) is 4.83. The molecule has 0 spiro atoms. The Kier molecular flexibility index (Phi) is 5.38. The van der Waals surface area contributed by atoms with Crippen molar-refractivity contribution in [2.75, 3.05) is 13.4 Å². The van der Waals surface area contributed by atoms with Crippen LogP contribution < -0.4 is 14.2 Å². The third-order valence-corrected chi connectivity index (χ3v) is 6.60. The summed E-state index contributed by atoms with van der Waals surface area (Å²) >= 11 is 3.21. The van der Waals surface area contributed by atoms with Crippen molar-refractivity contribution < 1.29 is 14.2 Å². The van der Waals surface area contributed by atoms with Gasteiger partial charge in [-0.25, -0.2) is 9.97 Å². The quantitative estimate of drug-likeness (QED) is 0.309. The van der Waals surface area contributed by atoms with Gasteiger partial charge in [0.25, 0.3) is 0 Å². The van der Waals surface area contributed by atoms with Crippen molar-refractivity contribution in [1.82, 2.24) is 9.97 Å². The van der Waals surface area contributed by atoms with Gasteiger partial charge in [0.1, 0.15) is 5.75 Å². The average Bonchev–Trinajstić information content (AvgIpc) is 3.54. The summed E-state index contributed by atoms with van der Waals surface area (Å²) in [5.74, 6) is 2.44. The van der Waals surface area contributed by atoms with Gasteiger partial charge >= 0.3 is 0 Å². The number of rotatable bonds is 7. The van der Waals surface area contributed by atoms with Crippen molar-refractivity contribution in [2.45, 2.75) is 19.8 Å². The predicted octanol–water partition coefficient (Wildman–Crippen LogP) is 6.51. The summed E-state index contributed by atoms with van der Waals surface area (Å²) in [5.41, 5.74) is 3.96. The van der Waals surface area contributed by atoms with Gasteiger partial charge in [0.2, 0.25) is 6.79 Å². The van der Waals surface area contributed by atoms with Crippen LogP contribution in [0.4, 0.5) is 0 Å². The van der Waals surface area contributed by atoms with Gasteiger partial charge in [-0.3, -0.25) is 0 Å². The van der Waals surface area contributed by atoms with Crippen LogP contribution in [0.3, 0.4) is 0 Å². The van der Waals surface area contributed by atoms with Crippen LogP contribution >= 0.6 is 22.7 Å². The molecule has 5 nitrogen and oxygen atoms in total. The van der Waals surface area contributed by atoms with Gasteiger partial charge in [-0.15, -0.1) is 22.7 Å². The molecule has 152 valence electrons. The number of thiazole rings is 2. The van der Waals surface area contributed by atoms with Gasteiger partial charge in [-0.2, -0.15) is 0 Å². The first-order valence-electron chi connectivity index (χ1n) is 9.85. The molecule has 4 aromatic rings. The number of benzene rings is 2. The molecule has 0 aliphatic carbocycles. The second kappa shape index (κ2) is 8.45. The Morgan fingerprint density at radius 2 is 1.53 bits per heavy atom. The zero-order valence-corrected chi connectivity index (χ0v) is 18.1. The number of hydrogen-bond acceptors (Lipinski definition) is 7. The maximum Gasteiger partial charge on any atom is 0.231 e. The smallest absolute Gasteiger partial charge is 0.231 e. The predicted molar refractivity (Wildman–Crippen MR) is 121 cm³/mol. The van der Waals surface area contributed by atoms with Crippen LogP contribution in [0.5, 0.6) is 17.2 Å². The fourth-order valence-electron chi connectivity index (χ4n) is 3.12. The summed E-state index contributed by atoms with van der Waals surface area (Å²) in [6.07, 6.45) is 2.20. The summed E-state index contributed by atoms with van der Waals surface area (Å²) in [6, 6.07) is 14.0. The SMILES string of the molecule is CCCCOc1ccc(-c2csc(-c3nc(-c4ccc5c(c4)OCO5)cs3)n2)cc1. The first-order valence-corrected chi connectivity index (χ1v) is 11.6. The molecule has 1 aliphatic rings. The Hall–Kier alpha value is -2.90. The summed E-state index contributed by atoms with van der Waals surface area (Å²) < 4.78 is 16.6. The molecule has 0 radical (unpaired) electrons. The summed E-state index contributed by atoms with van der Waals surface area (Å²) in [5, 5.41) is 5.96. The number of ether oxygens (including phenoxy) is 3. The molecule has 0 atom stereocenters. The highest BCUT2D eigenvalue weighted by Crippen LogP contribution is 2.38. The average molecular weight is 437 g/mol. The number of aromatic nitrogens is 2. The highest BCUT2D eigenvalue weighted by molar-refractivity contribution is 7.20. The van der Waals surface area contributed by atoms with E-state index < -0.39 is 0 Å². The fraction of sp³-hybridized carbons (Fsp3) is 0.217. The van der Waals surface area contributed by atoms with E-state index in [1.807, 2.05) is 30.3 Å². The van der Waals surface area contributed by atoms with E-state index in [1.54, 1.807) is 22.7 Å². The van der Waals surface area contributed by atoms with E-state index in [2.05, 4.69) is 29.8 Å². The number of nitrogens with zero attached hydrogens (tertiary/aromatic N) is 2. The molecule has 0 fully saturated rings. The van der Waals surface area contributed by atoms with Crippen LogP contribution in [0.2, 0.25) is 0 Å². The lowest BCUT2D eigenvalue weighted by Gasteiger charge is -2.05. The molecular formula is C23H20N2O3S2. The second-order valence-corrected chi connectivity index (χ2v) is 8.59. The van der Waals surface area contributed by atoms with Gasteiger partial charge in [-0.1, -0.05) is 13.3 Å². The van der Waals surface area contributed by atoms with E-state index in [4.69, 9.17) is 24.2 Å². The molecule has 7 heteroatoms. The normalized spacial score (nSPS) is 12.3. The molecule has 1 aliphatic heterocycles. The minimum absolute atomic E-state index is 0.273. The third kappa shape index (κ3) is 3.91. The Morgan fingerprint density at radius 1 is 0.867 bits per heavy atom. The molecule has 0 amide bonds. The standard InChI is InChI=1S/C23H20N2O3S2/c1-2-3-10-26-17-7-4-15(5-8-17)18-12-29-22(24-18)23-25-19(13-30-23)16-6-9-20-21(11-16)28-14-27-20/h4-9,11-13H,2-3,10,14H2,1H3. The van der Waals surface area contributed by atoms with E-state index in [9.17, 15) is 0 Å². The van der Waals surface area contributed by atoms with E-state index >= 15 is 0 Å². The summed E-state index contributed by atoms with van der Waals surface area (Å²) in [7, 11) is 0. The molecule has 0 unspecified atom stereocenters. The van der Waals surface area contributed by atoms with E-state index in [0.717, 1.165) is 69.2 Å². The molecule has 0 saturated carbocycles. The zero-order valence-electron chi connectivity index (χ0n) is 16.5. The van der Waals surface area contributed by atoms with Gasteiger partial charge in [-0.05, 0) is 48.9 Å². The van der Waals surface area contributed by atoms with Crippen molar-refractivity contribution in [3.63, 3.8) is 0 Å². The molecule has 5 rings (SSSR count). The highest BCUT2D eigenvalue weighted by atomic mass is 32.1. The number of hydrogen-bond donors (Lipinski definition) is 0. The van der Waals surface area contributed by atoms with E-state index in [1.165, 1.54) is 0 Å². The van der Waals surface area contributed by atoms with Crippen molar-refractivity contribution in [3.05, 3.63) is 53.2 Å². The lowest BCUT2D eigenvalue weighted by Crippen LogP contribution is -1.95. The number of unbranched alkanes of at least 4 members (excludes halogenated alkanes) is 1. The van der Waals surface area contributed by atoms with E-state index in [-0.39, 0.29) is 6.79 Å².